The molecule has 4 rings (SSSR count). The normalized spacial score (nSPS) is 13.2. The van der Waals surface area contributed by atoms with Gasteiger partial charge in [0.1, 0.15) is 9.88 Å². The summed E-state index contributed by atoms with van der Waals surface area (Å²) in [6.07, 6.45) is 0. The minimum absolute atomic E-state index is 0.223. The van der Waals surface area contributed by atoms with Crippen molar-refractivity contribution in [2.45, 2.75) is 6.92 Å². The molecule has 3 heterocycles. The van der Waals surface area contributed by atoms with Crippen molar-refractivity contribution >= 4 is 40.5 Å². The molecule has 2 amide bonds. The predicted molar refractivity (Wildman–Crippen MR) is 92.5 cm³/mol. The predicted octanol–water partition coefficient (Wildman–Crippen LogP) is 3.55. The van der Waals surface area contributed by atoms with Crippen LogP contribution in [0.4, 0.5) is 0 Å². The number of benzene rings is 1. The highest BCUT2D eigenvalue weighted by Gasteiger charge is 2.39. The van der Waals surface area contributed by atoms with Gasteiger partial charge in [-0.3, -0.25) is 9.59 Å². The Morgan fingerprint density at radius 1 is 1.08 bits per heavy atom. The number of nitrogens with zero attached hydrogens (tertiary/aromatic N) is 2. The van der Waals surface area contributed by atoms with E-state index in [1.165, 1.54) is 34.8 Å². The van der Waals surface area contributed by atoms with Crippen molar-refractivity contribution < 1.29 is 19.2 Å². The van der Waals surface area contributed by atoms with Crippen LogP contribution in [0.2, 0.25) is 0 Å². The fourth-order valence-corrected chi connectivity index (χ4v) is 4.20. The number of aromatic nitrogens is 1. The third kappa shape index (κ3) is 2.55. The molecule has 1 aliphatic heterocycles. The molecule has 0 fully saturated rings. The lowest BCUT2D eigenvalue weighted by Gasteiger charge is -2.11. The number of aryl methyl sites for hydroxylation is 1. The molecule has 0 saturated heterocycles. The van der Waals surface area contributed by atoms with Gasteiger partial charge in [-0.2, -0.15) is 0 Å². The van der Waals surface area contributed by atoms with E-state index in [1.807, 2.05) is 17.5 Å². The van der Waals surface area contributed by atoms with E-state index in [-0.39, 0.29) is 16.0 Å². The van der Waals surface area contributed by atoms with E-state index >= 15 is 0 Å². The number of thiophene rings is 1. The molecule has 0 spiro atoms. The largest absolute Gasteiger partial charge is 0.375 e. The summed E-state index contributed by atoms with van der Waals surface area (Å²) in [6.45, 7) is 1.69. The van der Waals surface area contributed by atoms with Crippen LogP contribution in [0.1, 0.15) is 36.1 Å². The van der Waals surface area contributed by atoms with Crippen molar-refractivity contribution in [3.63, 3.8) is 0 Å². The Bertz CT molecular complexity index is 973. The van der Waals surface area contributed by atoms with Gasteiger partial charge < -0.3 is 4.84 Å². The molecular weight excluding hydrogens is 360 g/mol. The van der Waals surface area contributed by atoms with Crippen LogP contribution in [0.25, 0.3) is 9.88 Å². The number of rotatable bonds is 3. The average Bonchev–Trinajstić information content (AvgIpc) is 3.31. The Balaban J connectivity index is 1.60. The molecule has 8 heteroatoms. The van der Waals surface area contributed by atoms with Gasteiger partial charge in [0.2, 0.25) is 0 Å². The number of imide groups is 1. The summed E-state index contributed by atoms with van der Waals surface area (Å²) < 4.78 is 0. The van der Waals surface area contributed by atoms with E-state index in [1.54, 1.807) is 19.1 Å². The second-order valence-corrected chi connectivity index (χ2v) is 7.19. The lowest BCUT2D eigenvalue weighted by Crippen LogP contribution is -2.32. The number of carbonyl (C=O) groups excluding carboxylic acids is 3. The van der Waals surface area contributed by atoms with Gasteiger partial charge in [0, 0.05) is 0 Å². The minimum Gasteiger partial charge on any atom is -0.323 e. The zero-order valence-corrected chi connectivity index (χ0v) is 14.5. The monoisotopic (exact) mass is 370 g/mol. The van der Waals surface area contributed by atoms with Crippen LogP contribution < -0.4 is 0 Å². The molecule has 0 unspecified atom stereocenters. The van der Waals surface area contributed by atoms with E-state index in [9.17, 15) is 14.4 Å². The first kappa shape index (κ1) is 15.7. The van der Waals surface area contributed by atoms with Crippen molar-refractivity contribution in [1.29, 1.82) is 0 Å². The van der Waals surface area contributed by atoms with Crippen molar-refractivity contribution in [2.75, 3.05) is 0 Å². The Labute approximate surface area is 150 Å². The quantitative estimate of drug-likeness (QED) is 0.659. The first-order chi connectivity index (χ1) is 12.1. The van der Waals surface area contributed by atoms with Gasteiger partial charge in [-0.05, 0) is 30.5 Å². The summed E-state index contributed by atoms with van der Waals surface area (Å²) in [5.74, 6) is -2.06. The molecule has 0 bridgehead atoms. The van der Waals surface area contributed by atoms with E-state index < -0.39 is 17.8 Å². The lowest BCUT2D eigenvalue weighted by molar-refractivity contribution is -0.0581. The number of fused-ring (bicyclic) bond motifs is 1. The number of carbonyl (C=O) groups is 3. The second-order valence-electron chi connectivity index (χ2n) is 5.24. The number of hydroxylamine groups is 2. The average molecular weight is 370 g/mol. The highest BCUT2D eigenvalue weighted by atomic mass is 32.1. The maximum absolute atomic E-state index is 12.5. The van der Waals surface area contributed by atoms with Gasteiger partial charge in [0.25, 0.3) is 11.8 Å². The molecule has 2 aromatic heterocycles. The zero-order valence-electron chi connectivity index (χ0n) is 12.9. The zero-order chi connectivity index (χ0) is 17.6. The van der Waals surface area contributed by atoms with E-state index in [0.29, 0.717) is 15.8 Å². The first-order valence-electron chi connectivity index (χ1n) is 7.27. The summed E-state index contributed by atoms with van der Waals surface area (Å²) in [7, 11) is 0. The number of thiazole rings is 1. The highest BCUT2D eigenvalue weighted by molar-refractivity contribution is 7.22. The molecule has 0 aliphatic carbocycles. The second kappa shape index (κ2) is 5.91. The maximum Gasteiger partial charge on any atom is 0.375 e. The Hall–Kier alpha value is -2.84. The van der Waals surface area contributed by atoms with E-state index in [0.717, 1.165) is 4.88 Å². The van der Waals surface area contributed by atoms with Gasteiger partial charge >= 0.3 is 5.97 Å². The summed E-state index contributed by atoms with van der Waals surface area (Å²) in [6, 6.07) is 10.1. The Kier molecular flexibility index (Phi) is 3.70. The van der Waals surface area contributed by atoms with Crippen LogP contribution in [0.5, 0.6) is 0 Å². The summed E-state index contributed by atoms with van der Waals surface area (Å²) >= 11 is 2.68. The van der Waals surface area contributed by atoms with Crippen LogP contribution in [0.15, 0.2) is 41.8 Å². The van der Waals surface area contributed by atoms with Crippen LogP contribution in [-0.2, 0) is 4.84 Å². The third-order valence-corrected chi connectivity index (χ3v) is 5.82. The van der Waals surface area contributed by atoms with Crippen LogP contribution in [-0.4, -0.2) is 27.8 Å². The molecule has 25 heavy (non-hydrogen) atoms. The molecular formula is C17H10N2O4S2. The fraction of sp³-hybridized carbons (Fsp3) is 0.0588. The van der Waals surface area contributed by atoms with Crippen molar-refractivity contribution in [1.82, 2.24) is 10.0 Å². The number of hydrogen-bond acceptors (Lipinski definition) is 7. The highest BCUT2D eigenvalue weighted by Crippen LogP contribution is 2.32. The molecule has 3 aromatic rings. The topological polar surface area (TPSA) is 76.6 Å². The molecule has 1 aliphatic rings. The van der Waals surface area contributed by atoms with Crippen LogP contribution in [0.3, 0.4) is 0 Å². The van der Waals surface area contributed by atoms with Crippen molar-refractivity contribution in [3.8, 4) is 9.88 Å². The molecule has 0 N–H and O–H groups in total. The standard InChI is InChI=1S/C17H10N2O4S2/c1-9-13(25-14(18-9)12-7-4-8-24-12)17(22)23-19-15(20)10-5-2-3-6-11(10)16(19)21/h2-8H,1H3. The lowest BCUT2D eigenvalue weighted by atomic mass is 10.1. The number of hydrogen-bond donors (Lipinski definition) is 0. The van der Waals surface area contributed by atoms with Gasteiger partial charge in [-0.1, -0.05) is 23.3 Å². The van der Waals surface area contributed by atoms with Crippen LogP contribution >= 0.6 is 22.7 Å². The molecule has 1 aromatic carbocycles. The van der Waals surface area contributed by atoms with Gasteiger partial charge in [-0.25, -0.2) is 9.78 Å². The molecule has 0 atom stereocenters. The smallest absolute Gasteiger partial charge is 0.323 e. The summed E-state index contributed by atoms with van der Waals surface area (Å²) in [5.41, 5.74) is 0.941. The van der Waals surface area contributed by atoms with Crippen molar-refractivity contribution in [3.05, 3.63) is 63.5 Å². The fourth-order valence-electron chi connectivity index (χ4n) is 2.47. The Morgan fingerprint density at radius 3 is 2.36 bits per heavy atom. The molecule has 6 nitrogen and oxygen atoms in total. The SMILES string of the molecule is Cc1nc(-c2cccs2)sc1C(=O)ON1C(=O)c2ccccc2C1=O. The number of amides is 2. The Morgan fingerprint density at radius 2 is 1.76 bits per heavy atom. The van der Waals surface area contributed by atoms with Gasteiger partial charge in [-0.15, -0.1) is 22.7 Å². The molecule has 124 valence electrons. The van der Waals surface area contributed by atoms with Crippen LogP contribution in [0, 0.1) is 6.92 Å². The first-order valence-corrected chi connectivity index (χ1v) is 8.97. The third-order valence-electron chi connectivity index (χ3n) is 3.64. The maximum atomic E-state index is 12.5. The van der Waals surface area contributed by atoms with Gasteiger partial charge in [0.05, 0.1) is 21.7 Å². The van der Waals surface area contributed by atoms with E-state index in [2.05, 4.69) is 4.98 Å². The van der Waals surface area contributed by atoms with Gasteiger partial charge in [0.15, 0.2) is 0 Å². The summed E-state index contributed by atoms with van der Waals surface area (Å²) in [4.78, 5) is 47.6. The molecule has 0 radical (unpaired) electrons. The van der Waals surface area contributed by atoms with Crippen molar-refractivity contribution in [2.24, 2.45) is 0 Å². The minimum atomic E-state index is -0.771. The van der Waals surface area contributed by atoms with E-state index in [4.69, 9.17) is 4.84 Å². The summed E-state index contributed by atoms with van der Waals surface area (Å²) in [5, 5.41) is 3.13. The molecule has 0 saturated carbocycles.